The van der Waals surface area contributed by atoms with Gasteiger partial charge < -0.3 is 10.6 Å². The highest BCUT2D eigenvalue weighted by molar-refractivity contribution is 5.79. The first-order valence-electron chi connectivity index (χ1n) is 7.45. The van der Waals surface area contributed by atoms with Gasteiger partial charge in [-0.05, 0) is 49.5 Å². The smallest absolute Gasteiger partial charge is 0.223 e. The lowest BCUT2D eigenvalue weighted by Crippen LogP contribution is -2.40. The molecule has 0 unspecified atom stereocenters. The molecule has 0 aromatic heterocycles. The summed E-state index contributed by atoms with van der Waals surface area (Å²) in [5.74, 6) is -1.65. The van der Waals surface area contributed by atoms with Gasteiger partial charge in [0, 0.05) is 5.92 Å². The first-order valence-corrected chi connectivity index (χ1v) is 7.45. The van der Waals surface area contributed by atoms with Crippen molar-refractivity contribution >= 4 is 5.91 Å². The van der Waals surface area contributed by atoms with Gasteiger partial charge in [-0.2, -0.15) is 0 Å². The van der Waals surface area contributed by atoms with E-state index < -0.39 is 11.6 Å². The van der Waals surface area contributed by atoms with E-state index in [0.717, 1.165) is 32.0 Å². The number of amides is 1. The molecular weight excluding hydrogens is 274 g/mol. The predicted molar refractivity (Wildman–Crippen MR) is 77.7 cm³/mol. The van der Waals surface area contributed by atoms with Gasteiger partial charge in [0.1, 0.15) is 0 Å². The predicted octanol–water partition coefficient (Wildman–Crippen LogP) is 2.78. The zero-order chi connectivity index (χ0) is 15.4. The highest BCUT2D eigenvalue weighted by Gasteiger charge is 2.25. The zero-order valence-corrected chi connectivity index (χ0v) is 12.5. The molecule has 1 fully saturated rings. The van der Waals surface area contributed by atoms with Gasteiger partial charge in [0.2, 0.25) is 5.91 Å². The molecule has 0 saturated carbocycles. The molecule has 1 aliphatic rings. The number of carbonyl (C=O) groups excluding carboxylic acids is 1. The number of rotatable bonds is 4. The molecule has 1 aromatic rings. The Morgan fingerprint density at radius 3 is 2.48 bits per heavy atom. The van der Waals surface area contributed by atoms with E-state index in [1.807, 2.05) is 13.8 Å². The second kappa shape index (κ2) is 6.98. The van der Waals surface area contributed by atoms with E-state index in [0.29, 0.717) is 5.56 Å². The van der Waals surface area contributed by atoms with E-state index >= 15 is 0 Å². The molecule has 2 rings (SSSR count). The number of benzene rings is 1. The highest BCUT2D eigenvalue weighted by atomic mass is 19.2. The Bertz CT molecular complexity index is 499. The molecule has 0 radical (unpaired) electrons. The number of piperidine rings is 1. The van der Waals surface area contributed by atoms with Crippen molar-refractivity contribution in [1.29, 1.82) is 0 Å². The lowest BCUT2D eigenvalue weighted by Gasteiger charge is -2.27. The lowest BCUT2D eigenvalue weighted by atomic mass is 9.92. The molecule has 2 N–H and O–H groups in total. The standard InChI is InChI=1S/C16H22F2N2O/c1-10(2)15(12-3-4-13(17)14(18)9-12)20-16(21)11-5-7-19-8-6-11/h3-4,9-11,15,19H,5-8H2,1-2H3,(H,20,21)/t15-/m1/s1. The van der Waals surface area contributed by atoms with Crippen LogP contribution in [0.1, 0.15) is 38.3 Å². The van der Waals surface area contributed by atoms with E-state index in [9.17, 15) is 13.6 Å². The van der Waals surface area contributed by atoms with Gasteiger partial charge in [-0.3, -0.25) is 4.79 Å². The second-order valence-corrected chi connectivity index (χ2v) is 5.93. The van der Waals surface area contributed by atoms with E-state index in [1.165, 1.54) is 12.1 Å². The highest BCUT2D eigenvalue weighted by Crippen LogP contribution is 2.24. The summed E-state index contributed by atoms with van der Waals surface area (Å²) in [6.45, 7) is 5.59. The Kier molecular flexibility index (Phi) is 5.28. The van der Waals surface area contributed by atoms with Crippen molar-refractivity contribution in [2.75, 3.05) is 13.1 Å². The van der Waals surface area contributed by atoms with Crippen molar-refractivity contribution in [2.24, 2.45) is 11.8 Å². The summed E-state index contributed by atoms with van der Waals surface area (Å²) in [6.07, 6.45) is 1.63. The summed E-state index contributed by atoms with van der Waals surface area (Å²) >= 11 is 0. The minimum absolute atomic E-state index is 0.0000619. The molecule has 116 valence electrons. The molecule has 1 saturated heterocycles. The van der Waals surface area contributed by atoms with Crippen LogP contribution in [0.3, 0.4) is 0 Å². The number of hydrogen-bond acceptors (Lipinski definition) is 2. The van der Waals surface area contributed by atoms with Gasteiger partial charge >= 0.3 is 0 Å². The van der Waals surface area contributed by atoms with Crippen LogP contribution in [0.5, 0.6) is 0 Å². The molecule has 0 aliphatic carbocycles. The fourth-order valence-corrected chi connectivity index (χ4v) is 2.70. The van der Waals surface area contributed by atoms with Crippen molar-refractivity contribution < 1.29 is 13.6 Å². The topological polar surface area (TPSA) is 41.1 Å². The summed E-state index contributed by atoms with van der Waals surface area (Å²) in [7, 11) is 0. The summed E-state index contributed by atoms with van der Waals surface area (Å²) < 4.78 is 26.4. The van der Waals surface area contributed by atoms with Gasteiger partial charge in [-0.15, -0.1) is 0 Å². The Balaban J connectivity index is 2.11. The maximum Gasteiger partial charge on any atom is 0.223 e. The summed E-state index contributed by atoms with van der Waals surface area (Å²) in [5.41, 5.74) is 0.603. The van der Waals surface area contributed by atoms with E-state index in [-0.39, 0.29) is 23.8 Å². The van der Waals surface area contributed by atoms with Crippen molar-refractivity contribution in [3.63, 3.8) is 0 Å². The molecule has 3 nitrogen and oxygen atoms in total. The molecule has 1 amide bonds. The second-order valence-electron chi connectivity index (χ2n) is 5.93. The summed E-state index contributed by atoms with van der Waals surface area (Å²) in [5, 5.41) is 6.21. The molecule has 0 bridgehead atoms. The number of carbonyl (C=O) groups is 1. The Morgan fingerprint density at radius 2 is 1.90 bits per heavy atom. The molecular formula is C16H22F2N2O. The number of halogens is 2. The van der Waals surface area contributed by atoms with Crippen molar-refractivity contribution in [3.8, 4) is 0 Å². The van der Waals surface area contributed by atoms with Crippen LogP contribution in [-0.4, -0.2) is 19.0 Å². The molecule has 1 atom stereocenters. The van der Waals surface area contributed by atoms with Crippen molar-refractivity contribution in [1.82, 2.24) is 10.6 Å². The Labute approximate surface area is 124 Å². The maximum absolute atomic E-state index is 13.4. The van der Waals surface area contributed by atoms with Crippen LogP contribution in [0.2, 0.25) is 0 Å². The van der Waals surface area contributed by atoms with Gasteiger partial charge in [-0.1, -0.05) is 19.9 Å². The van der Waals surface area contributed by atoms with Crippen LogP contribution in [-0.2, 0) is 4.79 Å². The average molecular weight is 296 g/mol. The van der Waals surface area contributed by atoms with E-state index in [2.05, 4.69) is 10.6 Å². The average Bonchev–Trinajstić information content (AvgIpc) is 2.48. The first kappa shape index (κ1) is 15.9. The SMILES string of the molecule is CC(C)[C@@H](NC(=O)C1CCNCC1)c1ccc(F)c(F)c1. The number of nitrogens with one attached hydrogen (secondary N) is 2. The molecule has 0 spiro atoms. The van der Waals surface area contributed by atoms with Crippen LogP contribution in [0.15, 0.2) is 18.2 Å². The molecule has 5 heteroatoms. The molecule has 21 heavy (non-hydrogen) atoms. The normalized spacial score (nSPS) is 17.8. The molecule has 1 aliphatic heterocycles. The largest absolute Gasteiger partial charge is 0.349 e. The van der Waals surface area contributed by atoms with Crippen LogP contribution in [0, 0.1) is 23.5 Å². The van der Waals surface area contributed by atoms with Crippen LogP contribution >= 0.6 is 0 Å². The van der Waals surface area contributed by atoms with Crippen molar-refractivity contribution in [2.45, 2.75) is 32.7 Å². The minimum atomic E-state index is -0.880. The van der Waals surface area contributed by atoms with Crippen LogP contribution < -0.4 is 10.6 Å². The van der Waals surface area contributed by atoms with Crippen LogP contribution in [0.25, 0.3) is 0 Å². The molecule has 1 aromatic carbocycles. The Morgan fingerprint density at radius 1 is 1.24 bits per heavy atom. The lowest BCUT2D eigenvalue weighted by molar-refractivity contribution is -0.126. The maximum atomic E-state index is 13.4. The zero-order valence-electron chi connectivity index (χ0n) is 12.5. The van der Waals surface area contributed by atoms with Gasteiger partial charge in [0.05, 0.1) is 6.04 Å². The fraction of sp³-hybridized carbons (Fsp3) is 0.562. The van der Waals surface area contributed by atoms with E-state index in [4.69, 9.17) is 0 Å². The third-order valence-electron chi connectivity index (χ3n) is 3.98. The summed E-state index contributed by atoms with van der Waals surface area (Å²) in [6, 6.07) is 3.51. The molecule has 1 heterocycles. The summed E-state index contributed by atoms with van der Waals surface area (Å²) in [4.78, 5) is 12.3. The van der Waals surface area contributed by atoms with Gasteiger partial charge in [0.25, 0.3) is 0 Å². The van der Waals surface area contributed by atoms with Gasteiger partial charge in [0.15, 0.2) is 11.6 Å². The van der Waals surface area contributed by atoms with Gasteiger partial charge in [-0.25, -0.2) is 8.78 Å². The first-order chi connectivity index (χ1) is 9.99. The van der Waals surface area contributed by atoms with E-state index in [1.54, 1.807) is 0 Å². The van der Waals surface area contributed by atoms with Crippen LogP contribution in [0.4, 0.5) is 8.78 Å². The minimum Gasteiger partial charge on any atom is -0.349 e. The fourth-order valence-electron chi connectivity index (χ4n) is 2.70. The monoisotopic (exact) mass is 296 g/mol. The Hall–Kier alpha value is -1.49. The quantitative estimate of drug-likeness (QED) is 0.897. The third kappa shape index (κ3) is 4.00. The van der Waals surface area contributed by atoms with Crippen molar-refractivity contribution in [3.05, 3.63) is 35.4 Å². The third-order valence-corrected chi connectivity index (χ3v) is 3.98. The number of hydrogen-bond donors (Lipinski definition) is 2.